The van der Waals surface area contributed by atoms with Gasteiger partial charge in [-0.3, -0.25) is 4.79 Å². The van der Waals surface area contributed by atoms with Crippen molar-refractivity contribution >= 4 is 17.7 Å². The summed E-state index contributed by atoms with van der Waals surface area (Å²) in [5.41, 5.74) is 2.64. The van der Waals surface area contributed by atoms with Crippen molar-refractivity contribution in [2.75, 3.05) is 12.8 Å². The van der Waals surface area contributed by atoms with E-state index in [1.807, 2.05) is 37.3 Å². The lowest BCUT2D eigenvalue weighted by molar-refractivity contribution is -0.128. The van der Waals surface area contributed by atoms with Crippen LogP contribution in [0.4, 0.5) is 4.39 Å². The van der Waals surface area contributed by atoms with E-state index < -0.39 is 0 Å². The highest BCUT2D eigenvalue weighted by Gasteiger charge is 2.17. The summed E-state index contributed by atoms with van der Waals surface area (Å²) < 4.78 is 18.6. The standard InChI is InChI=1S/C21H21FN2O2S/c1-15(16-8-10-18(22)11-9-16)24(2)20(25)14-27-13-19-12-26-21(23-19)17-6-4-3-5-7-17/h3-12,15H,13-14H2,1-2H3. The number of rotatable bonds is 7. The molecule has 4 nitrogen and oxygen atoms in total. The summed E-state index contributed by atoms with van der Waals surface area (Å²) in [5.74, 6) is 1.26. The van der Waals surface area contributed by atoms with E-state index in [1.54, 1.807) is 30.3 Å². The molecule has 0 fully saturated rings. The van der Waals surface area contributed by atoms with Crippen molar-refractivity contribution in [2.45, 2.75) is 18.7 Å². The number of hydrogen-bond acceptors (Lipinski definition) is 4. The number of oxazole rings is 1. The molecule has 6 heteroatoms. The SMILES string of the molecule is CC(c1ccc(F)cc1)N(C)C(=O)CSCc1coc(-c2ccccc2)n1. The molecular weight excluding hydrogens is 363 g/mol. The minimum absolute atomic E-state index is 0.0172. The highest BCUT2D eigenvalue weighted by Crippen LogP contribution is 2.22. The maximum atomic E-state index is 13.1. The number of halogens is 1. The molecule has 2 aromatic carbocycles. The predicted molar refractivity (Wildman–Crippen MR) is 106 cm³/mol. The quantitative estimate of drug-likeness (QED) is 0.579. The fourth-order valence-electron chi connectivity index (χ4n) is 2.61. The van der Waals surface area contributed by atoms with Crippen LogP contribution in [0.1, 0.15) is 24.2 Å². The first-order valence-corrected chi connectivity index (χ1v) is 9.79. The number of amides is 1. The van der Waals surface area contributed by atoms with Gasteiger partial charge in [-0.25, -0.2) is 9.37 Å². The third-order valence-electron chi connectivity index (χ3n) is 4.37. The van der Waals surface area contributed by atoms with Crippen LogP contribution in [-0.2, 0) is 10.5 Å². The number of aromatic nitrogens is 1. The molecule has 3 aromatic rings. The van der Waals surface area contributed by atoms with Crippen molar-refractivity contribution in [3.8, 4) is 11.5 Å². The van der Waals surface area contributed by atoms with Gasteiger partial charge in [0.15, 0.2) is 0 Å². The summed E-state index contributed by atoms with van der Waals surface area (Å²) in [6.45, 7) is 1.93. The van der Waals surface area contributed by atoms with Crippen LogP contribution in [0.25, 0.3) is 11.5 Å². The second-order valence-electron chi connectivity index (χ2n) is 6.23. The number of benzene rings is 2. The molecule has 1 amide bonds. The summed E-state index contributed by atoms with van der Waals surface area (Å²) in [6, 6.07) is 15.8. The summed E-state index contributed by atoms with van der Waals surface area (Å²) in [6.07, 6.45) is 1.63. The van der Waals surface area contributed by atoms with Gasteiger partial charge < -0.3 is 9.32 Å². The molecule has 0 saturated carbocycles. The van der Waals surface area contributed by atoms with Gasteiger partial charge in [-0.1, -0.05) is 30.3 Å². The molecule has 1 unspecified atom stereocenters. The third-order valence-corrected chi connectivity index (χ3v) is 5.33. The Labute approximate surface area is 162 Å². The van der Waals surface area contributed by atoms with Crippen LogP contribution in [0.15, 0.2) is 65.3 Å². The molecular formula is C21H21FN2O2S. The number of nitrogens with zero attached hydrogens (tertiary/aromatic N) is 2. The Morgan fingerprint density at radius 1 is 1.19 bits per heavy atom. The molecule has 0 aliphatic rings. The molecule has 0 aliphatic carbocycles. The van der Waals surface area contributed by atoms with Crippen LogP contribution in [0.5, 0.6) is 0 Å². The summed E-state index contributed by atoms with van der Waals surface area (Å²) >= 11 is 1.49. The second-order valence-corrected chi connectivity index (χ2v) is 7.22. The Morgan fingerprint density at radius 2 is 1.89 bits per heavy atom. The van der Waals surface area contributed by atoms with Crippen molar-refractivity contribution < 1.29 is 13.6 Å². The molecule has 0 bridgehead atoms. The van der Waals surface area contributed by atoms with Crippen molar-refractivity contribution in [1.29, 1.82) is 0 Å². The summed E-state index contributed by atoms with van der Waals surface area (Å²) in [7, 11) is 1.76. The van der Waals surface area contributed by atoms with Gasteiger partial charge in [-0.15, -0.1) is 11.8 Å². The third kappa shape index (κ3) is 4.98. The molecule has 1 aromatic heterocycles. The molecule has 0 aliphatic heterocycles. The molecule has 140 valence electrons. The van der Waals surface area contributed by atoms with Gasteiger partial charge in [0.25, 0.3) is 0 Å². The van der Waals surface area contributed by atoms with E-state index in [0.717, 1.165) is 16.8 Å². The molecule has 1 atom stereocenters. The maximum Gasteiger partial charge on any atom is 0.232 e. The molecule has 27 heavy (non-hydrogen) atoms. The number of hydrogen-bond donors (Lipinski definition) is 0. The lowest BCUT2D eigenvalue weighted by Gasteiger charge is -2.25. The van der Waals surface area contributed by atoms with E-state index in [1.165, 1.54) is 23.9 Å². The van der Waals surface area contributed by atoms with Gasteiger partial charge in [-0.2, -0.15) is 0 Å². The highest BCUT2D eigenvalue weighted by molar-refractivity contribution is 7.99. The molecule has 1 heterocycles. The number of carbonyl (C=O) groups is 1. The average molecular weight is 384 g/mol. The minimum atomic E-state index is -0.280. The topological polar surface area (TPSA) is 46.3 Å². The van der Waals surface area contributed by atoms with E-state index in [-0.39, 0.29) is 17.8 Å². The van der Waals surface area contributed by atoms with Gasteiger partial charge in [0, 0.05) is 18.4 Å². The summed E-state index contributed by atoms with van der Waals surface area (Å²) in [5, 5.41) is 0. The van der Waals surface area contributed by atoms with Crippen LogP contribution in [0, 0.1) is 5.82 Å². The zero-order chi connectivity index (χ0) is 19.2. The van der Waals surface area contributed by atoms with Crippen LogP contribution in [0.3, 0.4) is 0 Å². The fraction of sp³-hybridized carbons (Fsp3) is 0.238. The maximum absolute atomic E-state index is 13.1. The summed E-state index contributed by atoms with van der Waals surface area (Å²) in [4.78, 5) is 18.6. The minimum Gasteiger partial charge on any atom is -0.444 e. The van der Waals surface area contributed by atoms with Crippen molar-refractivity contribution in [2.24, 2.45) is 0 Å². The number of thioether (sulfide) groups is 1. The first-order valence-electron chi connectivity index (χ1n) is 8.63. The van der Waals surface area contributed by atoms with Crippen LogP contribution in [0.2, 0.25) is 0 Å². The van der Waals surface area contributed by atoms with Crippen LogP contribution >= 0.6 is 11.8 Å². The van der Waals surface area contributed by atoms with Crippen molar-refractivity contribution in [3.05, 3.63) is 77.9 Å². The zero-order valence-electron chi connectivity index (χ0n) is 15.3. The van der Waals surface area contributed by atoms with E-state index in [4.69, 9.17) is 4.42 Å². The highest BCUT2D eigenvalue weighted by atomic mass is 32.2. The monoisotopic (exact) mass is 384 g/mol. The van der Waals surface area contributed by atoms with Crippen LogP contribution < -0.4 is 0 Å². The van der Waals surface area contributed by atoms with Gasteiger partial charge in [0.05, 0.1) is 17.5 Å². The smallest absolute Gasteiger partial charge is 0.232 e. The van der Waals surface area contributed by atoms with Gasteiger partial charge in [-0.05, 0) is 36.8 Å². The van der Waals surface area contributed by atoms with Crippen LogP contribution in [-0.4, -0.2) is 28.6 Å². The molecule has 0 saturated heterocycles. The zero-order valence-corrected chi connectivity index (χ0v) is 16.1. The van der Waals surface area contributed by atoms with Gasteiger partial charge in [0.1, 0.15) is 12.1 Å². The first kappa shape index (κ1) is 19.2. The van der Waals surface area contributed by atoms with E-state index in [2.05, 4.69) is 4.98 Å². The Morgan fingerprint density at radius 3 is 2.59 bits per heavy atom. The second kappa shape index (κ2) is 8.86. The van der Waals surface area contributed by atoms with Gasteiger partial charge >= 0.3 is 0 Å². The predicted octanol–water partition coefficient (Wildman–Crippen LogP) is 4.93. The molecule has 3 rings (SSSR count). The largest absolute Gasteiger partial charge is 0.444 e. The average Bonchev–Trinajstić information content (AvgIpc) is 3.17. The Kier molecular flexibility index (Phi) is 6.29. The van der Waals surface area contributed by atoms with E-state index in [0.29, 0.717) is 17.4 Å². The Bertz CT molecular complexity index is 881. The number of carbonyl (C=O) groups excluding carboxylic acids is 1. The van der Waals surface area contributed by atoms with Crippen molar-refractivity contribution in [3.63, 3.8) is 0 Å². The Balaban J connectivity index is 1.50. The molecule has 0 spiro atoms. The molecule has 0 radical (unpaired) electrons. The van der Waals surface area contributed by atoms with Gasteiger partial charge in [0.2, 0.25) is 11.8 Å². The van der Waals surface area contributed by atoms with Crippen molar-refractivity contribution in [1.82, 2.24) is 9.88 Å². The Hall–Kier alpha value is -2.60. The lowest BCUT2D eigenvalue weighted by Crippen LogP contribution is -2.31. The van der Waals surface area contributed by atoms with E-state index in [9.17, 15) is 9.18 Å². The molecule has 0 N–H and O–H groups in total. The lowest BCUT2D eigenvalue weighted by atomic mass is 10.1. The fourth-order valence-corrected chi connectivity index (χ4v) is 3.43. The normalized spacial score (nSPS) is 12.0. The first-order chi connectivity index (χ1) is 13.0. The van der Waals surface area contributed by atoms with E-state index >= 15 is 0 Å².